The summed E-state index contributed by atoms with van der Waals surface area (Å²) in [6.07, 6.45) is 5.41. The van der Waals surface area contributed by atoms with Crippen molar-refractivity contribution in [2.45, 2.75) is 44.7 Å². The topological polar surface area (TPSA) is 27.7 Å². The fourth-order valence-corrected chi connectivity index (χ4v) is 3.44. The molecule has 2 unspecified atom stereocenters. The fourth-order valence-electron chi connectivity index (χ4n) is 3.44. The van der Waals surface area contributed by atoms with E-state index in [1.54, 1.807) is 0 Å². The summed E-state index contributed by atoms with van der Waals surface area (Å²) in [6.45, 7) is 10.3. The molecule has 4 heteroatoms. The second kappa shape index (κ2) is 8.20. The minimum atomic E-state index is 0.542. The van der Waals surface area contributed by atoms with Gasteiger partial charge in [0.2, 0.25) is 0 Å². The normalized spacial score (nSPS) is 27.2. The maximum Gasteiger partial charge on any atom is 0.0630 e. The van der Waals surface area contributed by atoms with E-state index in [4.69, 9.17) is 4.74 Å². The number of hydrogen-bond acceptors (Lipinski definition) is 4. The molecule has 0 amide bonds. The van der Waals surface area contributed by atoms with Crippen LogP contribution in [0.5, 0.6) is 0 Å². The van der Waals surface area contributed by atoms with Crippen LogP contribution < -0.4 is 5.32 Å². The van der Waals surface area contributed by atoms with E-state index in [1.165, 1.54) is 51.9 Å². The average Bonchev–Trinajstić information content (AvgIpc) is 2.46. The third-order valence-corrected chi connectivity index (χ3v) is 4.55. The smallest absolute Gasteiger partial charge is 0.0630 e. The third-order valence-electron chi connectivity index (χ3n) is 4.55. The molecule has 2 atom stereocenters. The Morgan fingerprint density at radius 1 is 1.26 bits per heavy atom. The Balaban J connectivity index is 1.82. The first kappa shape index (κ1) is 15.2. The summed E-state index contributed by atoms with van der Waals surface area (Å²) < 4.78 is 5.43. The number of piperidine rings is 1. The number of hydrogen-bond donors (Lipinski definition) is 1. The first-order chi connectivity index (χ1) is 9.35. The summed E-state index contributed by atoms with van der Waals surface area (Å²) >= 11 is 0. The van der Waals surface area contributed by atoms with E-state index in [2.05, 4.69) is 22.0 Å². The number of nitrogens with one attached hydrogen (secondary N) is 1. The third kappa shape index (κ3) is 4.42. The molecule has 2 aliphatic rings. The molecule has 0 bridgehead atoms. The number of rotatable bonds is 7. The SMILES string of the molecule is CCCNCC(COC)N1CCN2CCCCC2C1. The minimum Gasteiger partial charge on any atom is -0.383 e. The number of methoxy groups -OCH3 is 1. The van der Waals surface area contributed by atoms with Crippen molar-refractivity contribution in [3.05, 3.63) is 0 Å². The highest BCUT2D eigenvalue weighted by molar-refractivity contribution is 4.88. The van der Waals surface area contributed by atoms with Gasteiger partial charge in [0.25, 0.3) is 0 Å². The molecule has 2 heterocycles. The van der Waals surface area contributed by atoms with Crippen LogP contribution in [0.4, 0.5) is 0 Å². The van der Waals surface area contributed by atoms with Crippen LogP contribution in [0.1, 0.15) is 32.6 Å². The lowest BCUT2D eigenvalue weighted by Crippen LogP contribution is -2.59. The van der Waals surface area contributed by atoms with Gasteiger partial charge >= 0.3 is 0 Å². The van der Waals surface area contributed by atoms with E-state index in [-0.39, 0.29) is 0 Å². The van der Waals surface area contributed by atoms with Crippen LogP contribution in [0.25, 0.3) is 0 Å². The van der Waals surface area contributed by atoms with Gasteiger partial charge in [-0.1, -0.05) is 13.3 Å². The number of ether oxygens (including phenoxy) is 1. The highest BCUT2D eigenvalue weighted by Gasteiger charge is 2.31. The van der Waals surface area contributed by atoms with E-state index >= 15 is 0 Å². The van der Waals surface area contributed by atoms with Gasteiger partial charge in [0.15, 0.2) is 0 Å². The van der Waals surface area contributed by atoms with Crippen molar-refractivity contribution in [1.29, 1.82) is 0 Å². The number of piperazine rings is 1. The van der Waals surface area contributed by atoms with Crippen LogP contribution in [0.15, 0.2) is 0 Å². The fraction of sp³-hybridized carbons (Fsp3) is 1.00. The molecule has 0 spiro atoms. The van der Waals surface area contributed by atoms with Crippen LogP contribution in [0.3, 0.4) is 0 Å². The Kier molecular flexibility index (Phi) is 6.57. The van der Waals surface area contributed by atoms with Gasteiger partial charge in [-0.15, -0.1) is 0 Å². The maximum absolute atomic E-state index is 5.43. The molecular weight excluding hydrogens is 238 g/mol. The van der Waals surface area contributed by atoms with E-state index in [9.17, 15) is 0 Å². The summed E-state index contributed by atoms with van der Waals surface area (Å²) in [4.78, 5) is 5.35. The molecule has 0 aliphatic carbocycles. The zero-order valence-corrected chi connectivity index (χ0v) is 12.7. The predicted octanol–water partition coefficient (Wildman–Crippen LogP) is 1.17. The molecule has 0 aromatic carbocycles. The Hall–Kier alpha value is -0.160. The first-order valence-corrected chi connectivity index (χ1v) is 8.03. The van der Waals surface area contributed by atoms with Crippen molar-refractivity contribution in [2.24, 2.45) is 0 Å². The van der Waals surface area contributed by atoms with Crippen LogP contribution in [0, 0.1) is 0 Å². The highest BCUT2D eigenvalue weighted by atomic mass is 16.5. The monoisotopic (exact) mass is 269 g/mol. The predicted molar refractivity (Wildman–Crippen MR) is 79.6 cm³/mol. The molecule has 0 aromatic rings. The Morgan fingerprint density at radius 3 is 2.95 bits per heavy atom. The average molecular weight is 269 g/mol. The first-order valence-electron chi connectivity index (χ1n) is 8.03. The summed E-state index contributed by atoms with van der Waals surface area (Å²) in [5.74, 6) is 0. The van der Waals surface area contributed by atoms with Crippen LogP contribution in [-0.2, 0) is 4.74 Å². The van der Waals surface area contributed by atoms with Gasteiger partial charge < -0.3 is 10.1 Å². The Morgan fingerprint density at radius 2 is 2.16 bits per heavy atom. The summed E-state index contributed by atoms with van der Waals surface area (Å²) in [6, 6.07) is 1.34. The minimum absolute atomic E-state index is 0.542. The van der Waals surface area contributed by atoms with E-state index in [0.29, 0.717) is 6.04 Å². The molecule has 2 saturated heterocycles. The van der Waals surface area contributed by atoms with Crippen molar-refractivity contribution in [1.82, 2.24) is 15.1 Å². The Labute approximate surface area is 118 Å². The highest BCUT2D eigenvalue weighted by Crippen LogP contribution is 2.22. The molecule has 2 aliphatic heterocycles. The molecule has 2 fully saturated rings. The van der Waals surface area contributed by atoms with Gasteiger partial charge in [-0.3, -0.25) is 9.80 Å². The lowest BCUT2D eigenvalue weighted by atomic mass is 9.98. The summed E-state index contributed by atoms with van der Waals surface area (Å²) in [7, 11) is 1.82. The van der Waals surface area contributed by atoms with Crippen molar-refractivity contribution >= 4 is 0 Å². The molecule has 0 radical (unpaired) electrons. The molecule has 4 nitrogen and oxygen atoms in total. The number of nitrogens with zero attached hydrogens (tertiary/aromatic N) is 2. The molecular formula is C15H31N3O. The van der Waals surface area contributed by atoms with Gasteiger partial charge in [-0.05, 0) is 32.4 Å². The number of fused-ring (bicyclic) bond motifs is 1. The van der Waals surface area contributed by atoms with Crippen LogP contribution in [0.2, 0.25) is 0 Å². The molecule has 2 rings (SSSR count). The van der Waals surface area contributed by atoms with Gasteiger partial charge in [0.1, 0.15) is 0 Å². The van der Waals surface area contributed by atoms with E-state index in [0.717, 1.165) is 25.7 Å². The van der Waals surface area contributed by atoms with Gasteiger partial charge in [-0.2, -0.15) is 0 Å². The lowest BCUT2D eigenvalue weighted by molar-refractivity contribution is 0.00572. The molecule has 0 aromatic heterocycles. The largest absolute Gasteiger partial charge is 0.383 e. The van der Waals surface area contributed by atoms with Gasteiger partial charge in [-0.25, -0.2) is 0 Å². The Bertz CT molecular complexity index is 250. The lowest BCUT2D eigenvalue weighted by Gasteiger charge is -2.46. The van der Waals surface area contributed by atoms with E-state index < -0.39 is 0 Å². The van der Waals surface area contributed by atoms with Crippen LogP contribution >= 0.6 is 0 Å². The van der Waals surface area contributed by atoms with Crippen molar-refractivity contribution in [2.75, 3.05) is 53.0 Å². The van der Waals surface area contributed by atoms with Gasteiger partial charge in [0.05, 0.1) is 6.61 Å². The molecule has 0 saturated carbocycles. The zero-order chi connectivity index (χ0) is 13.5. The van der Waals surface area contributed by atoms with Crippen LogP contribution in [-0.4, -0.2) is 74.9 Å². The second-order valence-electron chi connectivity index (χ2n) is 5.99. The maximum atomic E-state index is 5.43. The second-order valence-corrected chi connectivity index (χ2v) is 5.99. The van der Waals surface area contributed by atoms with Crippen molar-refractivity contribution < 1.29 is 4.74 Å². The van der Waals surface area contributed by atoms with Gasteiger partial charge in [0, 0.05) is 45.4 Å². The summed E-state index contributed by atoms with van der Waals surface area (Å²) in [5, 5.41) is 3.55. The van der Waals surface area contributed by atoms with E-state index in [1.807, 2.05) is 7.11 Å². The standard InChI is InChI=1S/C15H31N3O/c1-3-7-16-11-15(13-19-2)18-10-9-17-8-5-4-6-14(17)12-18/h14-16H,3-13H2,1-2H3. The van der Waals surface area contributed by atoms with Crippen molar-refractivity contribution in [3.8, 4) is 0 Å². The van der Waals surface area contributed by atoms with Crippen molar-refractivity contribution in [3.63, 3.8) is 0 Å². The molecule has 19 heavy (non-hydrogen) atoms. The zero-order valence-electron chi connectivity index (χ0n) is 12.7. The molecule has 1 N–H and O–H groups in total. The quantitative estimate of drug-likeness (QED) is 0.702. The molecule has 112 valence electrons. The summed E-state index contributed by atoms with van der Waals surface area (Å²) in [5.41, 5.74) is 0.